The minimum atomic E-state index is 0.379. The Morgan fingerprint density at radius 1 is 1.42 bits per heavy atom. The third kappa shape index (κ3) is 3.32. The highest BCUT2D eigenvalue weighted by Gasteiger charge is 2.34. The molecule has 2 unspecified atom stereocenters. The van der Waals surface area contributed by atoms with Crippen LogP contribution in [0.1, 0.15) is 43.9 Å². The lowest BCUT2D eigenvalue weighted by molar-refractivity contribution is 0.336. The molecule has 19 heavy (non-hydrogen) atoms. The zero-order chi connectivity index (χ0) is 14.0. The van der Waals surface area contributed by atoms with Crippen LogP contribution in [0.5, 0.6) is 5.75 Å². The molecule has 0 bridgehead atoms. The van der Waals surface area contributed by atoms with Gasteiger partial charge >= 0.3 is 0 Å². The Balaban J connectivity index is 2.36. The Morgan fingerprint density at radius 3 is 2.63 bits per heavy atom. The summed E-state index contributed by atoms with van der Waals surface area (Å²) in [5.74, 6) is 2.52. The van der Waals surface area contributed by atoms with Crippen LogP contribution in [0, 0.1) is 18.8 Å². The fraction of sp³-hybridized carbons (Fsp3) is 0.625. The SMILES string of the molecule is CCNC(c1cc(Br)c(C)cc1OC)C(C)C1CC1. The number of nitrogens with one attached hydrogen (secondary N) is 1. The lowest BCUT2D eigenvalue weighted by atomic mass is 9.89. The van der Waals surface area contributed by atoms with Gasteiger partial charge in [0.1, 0.15) is 5.75 Å². The predicted molar refractivity (Wildman–Crippen MR) is 83.7 cm³/mol. The average molecular weight is 326 g/mol. The average Bonchev–Trinajstić information content (AvgIpc) is 3.22. The Hall–Kier alpha value is -0.540. The highest BCUT2D eigenvalue weighted by Crippen LogP contribution is 2.45. The van der Waals surface area contributed by atoms with Gasteiger partial charge in [-0.2, -0.15) is 0 Å². The Bertz CT molecular complexity index is 443. The van der Waals surface area contributed by atoms with Crippen LogP contribution in [-0.4, -0.2) is 13.7 Å². The molecule has 1 aliphatic rings. The third-order valence-corrected chi connectivity index (χ3v) is 5.02. The molecule has 1 aromatic carbocycles. The first kappa shape index (κ1) is 14.9. The molecule has 1 aromatic rings. The smallest absolute Gasteiger partial charge is 0.123 e. The molecule has 0 amide bonds. The number of hydrogen-bond acceptors (Lipinski definition) is 2. The van der Waals surface area contributed by atoms with Crippen molar-refractivity contribution < 1.29 is 4.74 Å². The highest BCUT2D eigenvalue weighted by atomic mass is 79.9. The van der Waals surface area contributed by atoms with Crippen molar-refractivity contribution in [3.8, 4) is 5.75 Å². The molecule has 0 spiro atoms. The standard InChI is InChI=1S/C16H24BrNO/c1-5-18-16(11(3)12-6-7-12)13-9-14(17)10(2)8-15(13)19-4/h8-9,11-12,16,18H,5-7H2,1-4H3. The van der Waals surface area contributed by atoms with Gasteiger partial charge in [0.25, 0.3) is 0 Å². The molecule has 0 radical (unpaired) electrons. The summed E-state index contributed by atoms with van der Waals surface area (Å²) in [4.78, 5) is 0. The summed E-state index contributed by atoms with van der Waals surface area (Å²) in [6.07, 6.45) is 2.75. The molecular weight excluding hydrogens is 302 g/mol. The lowest BCUT2D eigenvalue weighted by Gasteiger charge is -2.27. The number of halogens is 1. The van der Waals surface area contributed by atoms with Crippen LogP contribution in [0.4, 0.5) is 0 Å². The maximum absolute atomic E-state index is 5.60. The summed E-state index contributed by atoms with van der Waals surface area (Å²) >= 11 is 3.65. The van der Waals surface area contributed by atoms with E-state index in [0.29, 0.717) is 12.0 Å². The molecule has 0 aromatic heterocycles. The van der Waals surface area contributed by atoms with Crippen molar-refractivity contribution in [3.05, 3.63) is 27.7 Å². The van der Waals surface area contributed by atoms with Crippen molar-refractivity contribution >= 4 is 15.9 Å². The van der Waals surface area contributed by atoms with Crippen LogP contribution in [0.2, 0.25) is 0 Å². The number of ether oxygens (including phenoxy) is 1. The largest absolute Gasteiger partial charge is 0.496 e. The molecule has 1 fully saturated rings. The number of hydrogen-bond donors (Lipinski definition) is 1. The number of methoxy groups -OCH3 is 1. The highest BCUT2D eigenvalue weighted by molar-refractivity contribution is 9.10. The lowest BCUT2D eigenvalue weighted by Crippen LogP contribution is -2.28. The molecule has 2 atom stereocenters. The number of benzene rings is 1. The van der Waals surface area contributed by atoms with E-state index in [4.69, 9.17) is 4.74 Å². The van der Waals surface area contributed by atoms with E-state index >= 15 is 0 Å². The second kappa shape index (κ2) is 6.27. The molecule has 2 rings (SSSR count). The van der Waals surface area contributed by atoms with E-state index in [0.717, 1.165) is 22.7 Å². The maximum atomic E-state index is 5.60. The molecule has 106 valence electrons. The topological polar surface area (TPSA) is 21.3 Å². The molecule has 0 saturated heterocycles. The van der Waals surface area contributed by atoms with E-state index in [1.807, 2.05) is 0 Å². The van der Waals surface area contributed by atoms with Gasteiger partial charge in [0.05, 0.1) is 7.11 Å². The molecule has 0 aliphatic heterocycles. The maximum Gasteiger partial charge on any atom is 0.123 e. The number of rotatable bonds is 6. The first-order valence-electron chi connectivity index (χ1n) is 7.15. The van der Waals surface area contributed by atoms with Gasteiger partial charge in [-0.1, -0.05) is 29.8 Å². The van der Waals surface area contributed by atoms with Gasteiger partial charge in [0.2, 0.25) is 0 Å². The summed E-state index contributed by atoms with van der Waals surface area (Å²) in [5, 5.41) is 3.64. The zero-order valence-electron chi connectivity index (χ0n) is 12.3. The van der Waals surface area contributed by atoms with Crippen molar-refractivity contribution in [1.29, 1.82) is 0 Å². The van der Waals surface area contributed by atoms with Crippen LogP contribution in [0.3, 0.4) is 0 Å². The Morgan fingerprint density at radius 2 is 2.11 bits per heavy atom. The summed E-state index contributed by atoms with van der Waals surface area (Å²) < 4.78 is 6.76. The van der Waals surface area contributed by atoms with Gasteiger partial charge in [0, 0.05) is 16.1 Å². The van der Waals surface area contributed by atoms with Gasteiger partial charge in [-0.15, -0.1) is 0 Å². The number of aryl methyl sites for hydroxylation is 1. The summed E-state index contributed by atoms with van der Waals surface area (Å²) in [6.45, 7) is 7.61. The monoisotopic (exact) mass is 325 g/mol. The molecule has 3 heteroatoms. The van der Waals surface area contributed by atoms with E-state index < -0.39 is 0 Å². The van der Waals surface area contributed by atoms with Gasteiger partial charge in [0.15, 0.2) is 0 Å². The van der Waals surface area contributed by atoms with E-state index in [2.05, 4.69) is 54.2 Å². The summed E-state index contributed by atoms with van der Waals surface area (Å²) in [6, 6.07) is 4.73. The van der Waals surface area contributed by atoms with E-state index in [9.17, 15) is 0 Å². The zero-order valence-corrected chi connectivity index (χ0v) is 13.9. The fourth-order valence-corrected chi connectivity index (χ4v) is 3.14. The van der Waals surface area contributed by atoms with Crippen molar-refractivity contribution in [2.45, 2.75) is 39.7 Å². The van der Waals surface area contributed by atoms with Crippen LogP contribution < -0.4 is 10.1 Å². The second-order valence-corrected chi connectivity index (χ2v) is 6.43. The van der Waals surface area contributed by atoms with E-state index in [1.54, 1.807) is 7.11 Å². The molecule has 2 nitrogen and oxygen atoms in total. The predicted octanol–water partition coefficient (Wildman–Crippen LogP) is 4.46. The normalized spacial score (nSPS) is 18.2. The molecular formula is C16H24BrNO. The van der Waals surface area contributed by atoms with Gasteiger partial charge < -0.3 is 10.1 Å². The molecule has 1 aliphatic carbocycles. The minimum absolute atomic E-state index is 0.379. The van der Waals surface area contributed by atoms with Crippen LogP contribution in [0.25, 0.3) is 0 Å². The minimum Gasteiger partial charge on any atom is -0.496 e. The van der Waals surface area contributed by atoms with Gasteiger partial charge in [-0.25, -0.2) is 0 Å². The van der Waals surface area contributed by atoms with E-state index in [1.165, 1.54) is 24.0 Å². The van der Waals surface area contributed by atoms with Crippen molar-refractivity contribution in [3.63, 3.8) is 0 Å². The molecule has 0 heterocycles. The van der Waals surface area contributed by atoms with Gasteiger partial charge in [-0.05, 0) is 55.8 Å². The second-order valence-electron chi connectivity index (χ2n) is 5.58. The van der Waals surface area contributed by atoms with Crippen LogP contribution in [0.15, 0.2) is 16.6 Å². The quantitative estimate of drug-likeness (QED) is 0.833. The van der Waals surface area contributed by atoms with Crippen molar-refractivity contribution in [2.75, 3.05) is 13.7 Å². The summed E-state index contributed by atoms with van der Waals surface area (Å²) in [7, 11) is 1.76. The fourth-order valence-electron chi connectivity index (χ4n) is 2.78. The first-order valence-corrected chi connectivity index (χ1v) is 7.95. The molecule has 1 N–H and O–H groups in total. The van der Waals surface area contributed by atoms with Crippen LogP contribution >= 0.6 is 15.9 Å². The first-order chi connectivity index (χ1) is 9.08. The van der Waals surface area contributed by atoms with Gasteiger partial charge in [-0.3, -0.25) is 0 Å². The van der Waals surface area contributed by atoms with Crippen LogP contribution in [-0.2, 0) is 0 Å². The van der Waals surface area contributed by atoms with E-state index in [-0.39, 0.29) is 0 Å². The Kier molecular flexibility index (Phi) is 4.91. The summed E-state index contributed by atoms with van der Waals surface area (Å²) in [5.41, 5.74) is 2.50. The van der Waals surface area contributed by atoms with Crippen molar-refractivity contribution in [2.24, 2.45) is 11.8 Å². The Labute approximate surface area is 125 Å². The van der Waals surface area contributed by atoms with Crippen molar-refractivity contribution in [1.82, 2.24) is 5.32 Å². The molecule has 1 saturated carbocycles. The third-order valence-electron chi connectivity index (χ3n) is 4.16.